The highest BCUT2D eigenvalue weighted by atomic mass is 16.4. The lowest BCUT2D eigenvalue weighted by atomic mass is 9.94. The Bertz CT molecular complexity index is 288. The van der Waals surface area contributed by atoms with E-state index < -0.39 is 5.97 Å². The fourth-order valence-corrected chi connectivity index (χ4v) is 2.22. The van der Waals surface area contributed by atoms with Gasteiger partial charge in [0.2, 0.25) is 5.91 Å². The summed E-state index contributed by atoms with van der Waals surface area (Å²) in [5.74, 6) is 0.473. The molecule has 1 rings (SSSR count). The zero-order chi connectivity index (χ0) is 13.0. The molecule has 4 heteroatoms. The Morgan fingerprint density at radius 3 is 2.41 bits per heavy atom. The molecular weight excluding hydrogens is 218 g/mol. The average Bonchev–Trinajstić information content (AvgIpc) is 2.89. The van der Waals surface area contributed by atoms with Crippen LogP contribution in [0.25, 0.3) is 0 Å². The summed E-state index contributed by atoms with van der Waals surface area (Å²) in [6.45, 7) is 6.69. The quantitative estimate of drug-likeness (QED) is 0.715. The van der Waals surface area contributed by atoms with Crippen LogP contribution < -0.4 is 5.32 Å². The Morgan fingerprint density at radius 2 is 2.00 bits per heavy atom. The number of rotatable bonds is 7. The summed E-state index contributed by atoms with van der Waals surface area (Å²) in [6, 6.07) is 0. The third-order valence-electron chi connectivity index (χ3n) is 3.28. The number of hydrogen-bond donors (Lipinski definition) is 2. The summed E-state index contributed by atoms with van der Waals surface area (Å²) >= 11 is 0. The molecule has 1 aliphatic rings. The topological polar surface area (TPSA) is 66.4 Å². The van der Waals surface area contributed by atoms with Crippen LogP contribution in [0, 0.1) is 23.7 Å². The van der Waals surface area contributed by atoms with Gasteiger partial charge in [0, 0.05) is 18.9 Å². The van der Waals surface area contributed by atoms with Crippen molar-refractivity contribution in [3.8, 4) is 0 Å². The zero-order valence-electron chi connectivity index (χ0n) is 10.9. The Labute approximate surface area is 103 Å². The second-order valence-corrected chi connectivity index (χ2v) is 5.66. The number of nitrogens with one attached hydrogen (secondary N) is 1. The predicted molar refractivity (Wildman–Crippen MR) is 65.5 cm³/mol. The van der Waals surface area contributed by atoms with E-state index in [1.807, 2.05) is 0 Å². The van der Waals surface area contributed by atoms with Crippen LogP contribution >= 0.6 is 0 Å². The largest absolute Gasteiger partial charge is 0.481 e. The van der Waals surface area contributed by atoms with Gasteiger partial charge in [-0.25, -0.2) is 0 Å². The van der Waals surface area contributed by atoms with Gasteiger partial charge in [-0.2, -0.15) is 0 Å². The van der Waals surface area contributed by atoms with Gasteiger partial charge in [0.05, 0.1) is 0 Å². The van der Waals surface area contributed by atoms with Gasteiger partial charge >= 0.3 is 5.97 Å². The minimum absolute atomic E-state index is 0.0468. The Hall–Kier alpha value is -1.06. The molecule has 0 aromatic rings. The van der Waals surface area contributed by atoms with Crippen LogP contribution in [0.1, 0.15) is 40.0 Å². The number of carboxylic acid groups (broad SMARTS) is 1. The second-order valence-electron chi connectivity index (χ2n) is 5.66. The van der Waals surface area contributed by atoms with Crippen LogP contribution in [0.4, 0.5) is 0 Å². The van der Waals surface area contributed by atoms with E-state index in [1.165, 1.54) is 0 Å². The third kappa shape index (κ3) is 5.20. The molecule has 1 saturated carbocycles. The monoisotopic (exact) mass is 241 g/mol. The summed E-state index contributed by atoms with van der Waals surface area (Å²) in [5, 5.41) is 11.7. The maximum Gasteiger partial charge on any atom is 0.303 e. The van der Waals surface area contributed by atoms with Crippen LogP contribution in [-0.2, 0) is 9.59 Å². The molecule has 1 aliphatic carbocycles. The molecule has 0 spiro atoms. The van der Waals surface area contributed by atoms with Crippen molar-refractivity contribution in [2.75, 3.05) is 6.54 Å². The predicted octanol–water partition coefficient (Wildman–Crippen LogP) is 1.90. The molecular formula is C13H23NO3. The van der Waals surface area contributed by atoms with Gasteiger partial charge in [-0.3, -0.25) is 9.59 Å². The molecule has 2 unspecified atom stereocenters. The highest BCUT2D eigenvalue weighted by Gasteiger charge is 2.39. The van der Waals surface area contributed by atoms with Gasteiger partial charge in [-0.15, -0.1) is 0 Å². The molecule has 0 saturated heterocycles. The van der Waals surface area contributed by atoms with Crippen molar-refractivity contribution < 1.29 is 14.7 Å². The molecule has 0 aromatic heterocycles. The van der Waals surface area contributed by atoms with E-state index in [2.05, 4.69) is 26.1 Å². The highest BCUT2D eigenvalue weighted by Crippen LogP contribution is 2.37. The summed E-state index contributed by atoms with van der Waals surface area (Å²) < 4.78 is 0. The molecule has 98 valence electrons. The van der Waals surface area contributed by atoms with Crippen molar-refractivity contribution >= 4 is 11.9 Å². The van der Waals surface area contributed by atoms with Crippen molar-refractivity contribution in [2.45, 2.75) is 40.0 Å². The number of carbonyl (C=O) groups is 2. The maximum absolute atomic E-state index is 11.6. The van der Waals surface area contributed by atoms with Gasteiger partial charge in [-0.05, 0) is 30.6 Å². The molecule has 0 aliphatic heterocycles. The van der Waals surface area contributed by atoms with Crippen molar-refractivity contribution in [3.63, 3.8) is 0 Å². The standard InChI is InChI=1S/C13H23NO3/c1-8(2)4-10(6-12(15)16)7-14-13(17)11-5-9(11)3/h8-11H,4-7H2,1-3H3,(H,14,17)(H,15,16)/t9?,10-,11?/m0/s1. The van der Waals surface area contributed by atoms with Crippen molar-refractivity contribution in [1.82, 2.24) is 5.32 Å². The zero-order valence-corrected chi connectivity index (χ0v) is 10.9. The van der Waals surface area contributed by atoms with Crippen molar-refractivity contribution in [1.29, 1.82) is 0 Å². The number of carboxylic acids is 1. The summed E-state index contributed by atoms with van der Waals surface area (Å²) in [4.78, 5) is 22.4. The maximum atomic E-state index is 11.6. The van der Waals surface area contributed by atoms with E-state index in [-0.39, 0.29) is 24.2 Å². The van der Waals surface area contributed by atoms with E-state index in [0.29, 0.717) is 18.4 Å². The lowest BCUT2D eigenvalue weighted by Crippen LogP contribution is -2.32. The molecule has 0 radical (unpaired) electrons. The molecule has 4 nitrogen and oxygen atoms in total. The molecule has 17 heavy (non-hydrogen) atoms. The van der Waals surface area contributed by atoms with E-state index in [4.69, 9.17) is 5.11 Å². The van der Waals surface area contributed by atoms with E-state index >= 15 is 0 Å². The lowest BCUT2D eigenvalue weighted by Gasteiger charge is -2.17. The van der Waals surface area contributed by atoms with Crippen LogP contribution in [-0.4, -0.2) is 23.5 Å². The van der Waals surface area contributed by atoms with Crippen molar-refractivity contribution in [3.05, 3.63) is 0 Å². The van der Waals surface area contributed by atoms with Crippen molar-refractivity contribution in [2.24, 2.45) is 23.7 Å². The molecule has 2 N–H and O–H groups in total. The lowest BCUT2D eigenvalue weighted by molar-refractivity contribution is -0.138. The summed E-state index contributed by atoms with van der Waals surface area (Å²) in [5.41, 5.74) is 0. The molecule has 1 fully saturated rings. The van der Waals surface area contributed by atoms with Gasteiger partial charge in [-0.1, -0.05) is 20.8 Å². The minimum atomic E-state index is -0.787. The average molecular weight is 241 g/mol. The van der Waals surface area contributed by atoms with Gasteiger partial charge in [0.1, 0.15) is 0 Å². The first-order valence-corrected chi connectivity index (χ1v) is 6.39. The number of carbonyl (C=O) groups excluding carboxylic acids is 1. The van der Waals surface area contributed by atoms with Gasteiger partial charge in [0.25, 0.3) is 0 Å². The molecule has 0 heterocycles. The minimum Gasteiger partial charge on any atom is -0.481 e. The van der Waals surface area contributed by atoms with E-state index in [0.717, 1.165) is 12.8 Å². The van der Waals surface area contributed by atoms with E-state index in [9.17, 15) is 9.59 Å². The highest BCUT2D eigenvalue weighted by molar-refractivity contribution is 5.81. The van der Waals surface area contributed by atoms with E-state index in [1.54, 1.807) is 0 Å². The Morgan fingerprint density at radius 1 is 1.41 bits per heavy atom. The summed E-state index contributed by atoms with van der Waals surface area (Å²) in [7, 11) is 0. The summed E-state index contributed by atoms with van der Waals surface area (Å²) in [6.07, 6.45) is 1.95. The Kier molecular flexibility index (Phi) is 4.97. The fraction of sp³-hybridized carbons (Fsp3) is 0.846. The molecule has 0 bridgehead atoms. The van der Waals surface area contributed by atoms with Gasteiger partial charge in [0.15, 0.2) is 0 Å². The number of amides is 1. The molecule has 3 atom stereocenters. The third-order valence-corrected chi connectivity index (χ3v) is 3.28. The van der Waals surface area contributed by atoms with Crippen LogP contribution in [0.15, 0.2) is 0 Å². The molecule has 1 amide bonds. The fourth-order valence-electron chi connectivity index (χ4n) is 2.22. The second kappa shape index (κ2) is 6.03. The molecule has 0 aromatic carbocycles. The first-order chi connectivity index (χ1) is 7.90. The first kappa shape index (κ1) is 14.0. The van der Waals surface area contributed by atoms with Crippen LogP contribution in [0.5, 0.6) is 0 Å². The number of aliphatic carboxylic acids is 1. The normalized spacial score (nSPS) is 24.5. The number of hydrogen-bond acceptors (Lipinski definition) is 2. The smallest absolute Gasteiger partial charge is 0.303 e. The Balaban J connectivity index is 2.32. The van der Waals surface area contributed by atoms with Crippen LogP contribution in [0.2, 0.25) is 0 Å². The SMILES string of the molecule is CC(C)C[C@H](CNC(=O)C1CC1C)CC(=O)O. The van der Waals surface area contributed by atoms with Gasteiger partial charge < -0.3 is 10.4 Å². The first-order valence-electron chi connectivity index (χ1n) is 6.39. The van der Waals surface area contributed by atoms with Crippen LogP contribution in [0.3, 0.4) is 0 Å².